The molecular weight excluding hydrogens is 334 g/mol. The average molecular weight is 353 g/mol. The lowest BCUT2D eigenvalue weighted by atomic mass is 9.95. The maximum absolute atomic E-state index is 11.6. The Labute approximate surface area is 150 Å². The van der Waals surface area contributed by atoms with Crippen LogP contribution in [0.1, 0.15) is 53.8 Å². The number of carboxylic acid groups (broad SMARTS) is 1. The van der Waals surface area contributed by atoms with Crippen LogP contribution in [0.3, 0.4) is 0 Å². The number of aromatic carboxylic acids is 1. The zero-order valence-electron chi connectivity index (χ0n) is 14.1. The second kappa shape index (κ2) is 6.67. The Morgan fingerprint density at radius 1 is 1.31 bits per heavy atom. The number of carbonyl (C=O) groups is 1. The summed E-state index contributed by atoms with van der Waals surface area (Å²) in [4.78, 5) is 20.0. The summed E-state index contributed by atoms with van der Waals surface area (Å²) >= 11 is 0. The van der Waals surface area contributed by atoms with E-state index < -0.39 is 5.97 Å². The number of nitrogens with one attached hydrogen (secondary N) is 1. The minimum atomic E-state index is -1.23. The van der Waals surface area contributed by atoms with Gasteiger partial charge >= 0.3 is 5.97 Å². The zero-order chi connectivity index (χ0) is 18.1. The molecule has 0 saturated heterocycles. The lowest BCUT2D eigenvalue weighted by Crippen LogP contribution is -2.22. The minimum Gasteiger partial charge on any atom is -0.504 e. The predicted molar refractivity (Wildman–Crippen MR) is 98.1 cm³/mol. The number of anilines is 1. The normalized spacial score (nSPS) is 18.2. The molecule has 7 heteroatoms. The highest BCUT2D eigenvalue weighted by molar-refractivity contribution is 6.21. The van der Waals surface area contributed by atoms with E-state index in [1.807, 2.05) is 6.07 Å². The molecule has 1 fully saturated rings. The molecule has 0 bridgehead atoms. The predicted octanol–water partition coefficient (Wildman–Crippen LogP) is 4.08. The summed E-state index contributed by atoms with van der Waals surface area (Å²) in [5.74, 6) is -0.816. The van der Waals surface area contributed by atoms with Crippen molar-refractivity contribution in [1.82, 2.24) is 4.98 Å². The van der Waals surface area contributed by atoms with Crippen LogP contribution in [0.2, 0.25) is 0 Å². The molecule has 26 heavy (non-hydrogen) atoms. The van der Waals surface area contributed by atoms with Gasteiger partial charge in [-0.3, -0.25) is 0 Å². The molecule has 1 aliphatic carbocycles. The number of aliphatic imine (C=N–C) groups is 1. The lowest BCUT2D eigenvalue weighted by Gasteiger charge is -2.22. The number of pyridine rings is 1. The highest BCUT2D eigenvalue weighted by Gasteiger charge is 2.27. The first-order chi connectivity index (χ1) is 12.6. The molecule has 2 aromatic heterocycles. The van der Waals surface area contributed by atoms with Crippen molar-refractivity contribution < 1.29 is 19.4 Å². The van der Waals surface area contributed by atoms with E-state index in [0.717, 1.165) is 31.2 Å². The summed E-state index contributed by atoms with van der Waals surface area (Å²) in [6, 6.07) is 3.81. The zero-order valence-corrected chi connectivity index (χ0v) is 14.1. The van der Waals surface area contributed by atoms with Crippen molar-refractivity contribution >= 4 is 35.5 Å². The topological polar surface area (TPSA) is 108 Å². The summed E-state index contributed by atoms with van der Waals surface area (Å²) in [6.07, 6.45) is 10.2. The molecule has 0 amide bonds. The Balaban J connectivity index is 1.69. The highest BCUT2D eigenvalue weighted by atomic mass is 16.4. The summed E-state index contributed by atoms with van der Waals surface area (Å²) < 4.78 is 5.69. The summed E-state index contributed by atoms with van der Waals surface area (Å²) in [5.41, 5.74) is 1.28. The SMILES string of the molecule is O=C(O)c1c(NC2CCCCC2)oc(C=C2C=Nc3ncccc32)c1O. The van der Waals surface area contributed by atoms with Crippen LogP contribution >= 0.6 is 0 Å². The minimum absolute atomic E-state index is 0.0962. The van der Waals surface area contributed by atoms with Crippen LogP contribution in [0, 0.1) is 0 Å². The summed E-state index contributed by atoms with van der Waals surface area (Å²) in [6.45, 7) is 0. The number of hydrogen-bond acceptors (Lipinski definition) is 6. The molecule has 0 spiro atoms. The molecule has 0 atom stereocenters. The molecule has 4 rings (SSSR count). The number of rotatable bonds is 4. The van der Waals surface area contributed by atoms with E-state index in [1.54, 1.807) is 24.6 Å². The molecule has 7 nitrogen and oxygen atoms in total. The van der Waals surface area contributed by atoms with Gasteiger partial charge in [0.25, 0.3) is 0 Å². The second-order valence-electron chi connectivity index (χ2n) is 6.54. The van der Waals surface area contributed by atoms with Crippen molar-refractivity contribution in [2.45, 2.75) is 38.1 Å². The molecule has 134 valence electrons. The number of hydrogen-bond donors (Lipinski definition) is 3. The van der Waals surface area contributed by atoms with E-state index in [0.29, 0.717) is 11.4 Å². The van der Waals surface area contributed by atoms with Gasteiger partial charge in [0.15, 0.2) is 22.9 Å². The number of aromatic hydroxyl groups is 1. The molecule has 2 aromatic rings. The monoisotopic (exact) mass is 353 g/mol. The molecule has 3 heterocycles. The van der Waals surface area contributed by atoms with Gasteiger partial charge in [-0.05, 0) is 31.1 Å². The van der Waals surface area contributed by atoms with Gasteiger partial charge in [-0.15, -0.1) is 0 Å². The van der Waals surface area contributed by atoms with E-state index in [1.165, 1.54) is 6.42 Å². The number of nitrogens with zero attached hydrogens (tertiary/aromatic N) is 2. The maximum Gasteiger partial charge on any atom is 0.345 e. The van der Waals surface area contributed by atoms with Crippen LogP contribution in [0.15, 0.2) is 27.7 Å². The van der Waals surface area contributed by atoms with Gasteiger partial charge in [-0.1, -0.05) is 19.3 Å². The average Bonchev–Trinajstić information content (AvgIpc) is 3.18. The van der Waals surface area contributed by atoms with Crippen LogP contribution in [0.4, 0.5) is 11.7 Å². The van der Waals surface area contributed by atoms with Gasteiger partial charge in [-0.2, -0.15) is 0 Å². The third-order valence-corrected chi connectivity index (χ3v) is 4.77. The first-order valence-electron chi connectivity index (χ1n) is 8.70. The lowest BCUT2D eigenvalue weighted by molar-refractivity contribution is 0.0694. The Morgan fingerprint density at radius 2 is 2.12 bits per heavy atom. The molecule has 3 N–H and O–H groups in total. The van der Waals surface area contributed by atoms with Crippen LogP contribution in [0.5, 0.6) is 5.75 Å². The van der Waals surface area contributed by atoms with Gasteiger partial charge in [0.1, 0.15) is 0 Å². The van der Waals surface area contributed by atoms with E-state index in [2.05, 4.69) is 15.3 Å². The van der Waals surface area contributed by atoms with Crippen molar-refractivity contribution in [1.29, 1.82) is 0 Å². The maximum atomic E-state index is 11.6. The largest absolute Gasteiger partial charge is 0.504 e. The standard InChI is InChI=1S/C19H19N3O4/c23-16-14(9-11-10-21-17-13(11)7-4-8-20-17)26-18(15(16)19(24)25)22-12-5-2-1-3-6-12/h4,7-10,12,22-23H,1-3,5-6H2,(H,24,25). The first-order valence-corrected chi connectivity index (χ1v) is 8.70. The fourth-order valence-electron chi connectivity index (χ4n) is 3.45. The van der Waals surface area contributed by atoms with Crippen LogP contribution in [-0.2, 0) is 0 Å². The van der Waals surface area contributed by atoms with E-state index in [9.17, 15) is 15.0 Å². The van der Waals surface area contributed by atoms with Gasteiger partial charge in [0.2, 0.25) is 5.88 Å². The van der Waals surface area contributed by atoms with Crippen LogP contribution < -0.4 is 5.32 Å². The van der Waals surface area contributed by atoms with Crippen molar-refractivity contribution in [3.63, 3.8) is 0 Å². The Hall–Kier alpha value is -3.09. The van der Waals surface area contributed by atoms with Gasteiger partial charge < -0.3 is 19.9 Å². The Kier molecular flexibility index (Phi) is 4.20. The molecule has 0 aromatic carbocycles. The molecule has 1 saturated carbocycles. The van der Waals surface area contributed by atoms with Crippen molar-refractivity contribution in [2.75, 3.05) is 5.32 Å². The van der Waals surface area contributed by atoms with Crippen molar-refractivity contribution in [3.05, 3.63) is 35.2 Å². The number of carboxylic acids is 1. The third-order valence-electron chi connectivity index (χ3n) is 4.77. The van der Waals surface area contributed by atoms with Crippen molar-refractivity contribution in [2.24, 2.45) is 4.99 Å². The van der Waals surface area contributed by atoms with E-state index in [-0.39, 0.29) is 29.0 Å². The summed E-state index contributed by atoms with van der Waals surface area (Å²) in [5, 5.41) is 23.0. The fourth-order valence-corrected chi connectivity index (χ4v) is 3.45. The molecular formula is C19H19N3O4. The number of aromatic nitrogens is 1. The first kappa shape index (κ1) is 16.4. The van der Waals surface area contributed by atoms with E-state index in [4.69, 9.17) is 4.42 Å². The van der Waals surface area contributed by atoms with E-state index >= 15 is 0 Å². The van der Waals surface area contributed by atoms with Crippen molar-refractivity contribution in [3.8, 4) is 5.75 Å². The van der Waals surface area contributed by atoms with Gasteiger partial charge in [0.05, 0.1) is 0 Å². The fraction of sp³-hybridized carbons (Fsp3) is 0.316. The summed E-state index contributed by atoms with van der Waals surface area (Å²) in [7, 11) is 0. The highest BCUT2D eigenvalue weighted by Crippen LogP contribution is 2.38. The van der Waals surface area contributed by atoms with Gasteiger partial charge in [-0.25, -0.2) is 14.8 Å². The van der Waals surface area contributed by atoms with Crippen LogP contribution in [-0.4, -0.2) is 33.4 Å². The Bertz CT molecular complexity index is 908. The quantitative estimate of drug-likeness (QED) is 0.764. The number of furan rings is 1. The third kappa shape index (κ3) is 2.96. The molecule has 1 aliphatic heterocycles. The number of allylic oxidation sites excluding steroid dienone is 1. The van der Waals surface area contributed by atoms with Crippen LogP contribution in [0.25, 0.3) is 11.6 Å². The van der Waals surface area contributed by atoms with Gasteiger partial charge in [0, 0.05) is 29.6 Å². The Morgan fingerprint density at radius 3 is 2.88 bits per heavy atom. The molecule has 2 aliphatic rings. The smallest absolute Gasteiger partial charge is 0.345 e. The number of fused-ring (bicyclic) bond motifs is 1. The second-order valence-corrected chi connectivity index (χ2v) is 6.54. The molecule has 0 radical (unpaired) electrons. The molecule has 0 unspecified atom stereocenters.